The van der Waals surface area contributed by atoms with Crippen molar-refractivity contribution in [1.82, 2.24) is 14.3 Å². The second-order valence-corrected chi connectivity index (χ2v) is 7.49. The molecule has 0 spiro atoms. The van der Waals surface area contributed by atoms with Gasteiger partial charge in [-0.25, -0.2) is 9.29 Å². The Hall–Kier alpha value is -2.22. The van der Waals surface area contributed by atoms with Crippen LogP contribution in [0.15, 0.2) is 59.1 Å². The van der Waals surface area contributed by atoms with Gasteiger partial charge in [0.1, 0.15) is 0 Å². The zero-order valence-electron chi connectivity index (χ0n) is 14.7. The van der Waals surface area contributed by atoms with Gasteiger partial charge in [-0.1, -0.05) is 13.8 Å². The minimum Gasteiger partial charge on any atom is -0.298 e. The number of amides is 1. The molecule has 26 heavy (non-hydrogen) atoms. The summed E-state index contributed by atoms with van der Waals surface area (Å²) in [5.41, 5.74) is 2.36. The van der Waals surface area contributed by atoms with Crippen LogP contribution in [0.4, 0.5) is 5.13 Å². The summed E-state index contributed by atoms with van der Waals surface area (Å²) in [7, 11) is 0. The number of thiazole rings is 1. The standard InChI is InChI=1S/C19H20N4OS2/c1-3-23(4-2)26-16-9-7-14(8-10-16)18(24)22-19-21-17(13-25-19)15-6-5-11-20-12-15/h5-13H,3-4H2,1-2H3,(H,21,22,24). The molecule has 0 saturated carbocycles. The van der Waals surface area contributed by atoms with E-state index in [4.69, 9.17) is 0 Å². The number of benzene rings is 1. The Bertz CT molecular complexity index is 845. The molecule has 0 aliphatic rings. The number of nitrogens with one attached hydrogen (secondary N) is 1. The lowest BCUT2D eigenvalue weighted by Gasteiger charge is -2.16. The zero-order chi connectivity index (χ0) is 18.4. The van der Waals surface area contributed by atoms with Crippen LogP contribution in [0.3, 0.4) is 0 Å². The second kappa shape index (κ2) is 8.93. The zero-order valence-corrected chi connectivity index (χ0v) is 16.3. The number of hydrogen-bond donors (Lipinski definition) is 1. The fourth-order valence-corrected chi connectivity index (χ4v) is 3.85. The Morgan fingerprint density at radius 1 is 1.19 bits per heavy atom. The molecule has 0 radical (unpaired) electrons. The third-order valence-electron chi connectivity index (χ3n) is 3.74. The summed E-state index contributed by atoms with van der Waals surface area (Å²) in [5, 5.41) is 5.35. The number of carbonyl (C=O) groups excluding carboxylic acids is 1. The molecule has 0 aliphatic heterocycles. The fourth-order valence-electron chi connectivity index (χ4n) is 2.32. The van der Waals surface area contributed by atoms with E-state index < -0.39 is 0 Å². The predicted octanol–water partition coefficient (Wildman–Crippen LogP) is 4.81. The molecule has 5 nitrogen and oxygen atoms in total. The highest BCUT2D eigenvalue weighted by atomic mass is 32.2. The summed E-state index contributed by atoms with van der Waals surface area (Å²) in [6.45, 7) is 6.22. The van der Waals surface area contributed by atoms with Crippen LogP contribution in [0.5, 0.6) is 0 Å². The number of aromatic nitrogens is 2. The van der Waals surface area contributed by atoms with Crippen LogP contribution in [0.25, 0.3) is 11.3 Å². The smallest absolute Gasteiger partial charge is 0.257 e. The summed E-state index contributed by atoms with van der Waals surface area (Å²) in [4.78, 5) is 22.1. The van der Waals surface area contributed by atoms with Gasteiger partial charge in [0, 0.05) is 46.9 Å². The van der Waals surface area contributed by atoms with Crippen LogP contribution in [0.2, 0.25) is 0 Å². The molecular weight excluding hydrogens is 364 g/mol. The summed E-state index contributed by atoms with van der Waals surface area (Å²) in [5.74, 6) is -0.156. The topological polar surface area (TPSA) is 58.1 Å². The van der Waals surface area contributed by atoms with Crippen LogP contribution >= 0.6 is 23.3 Å². The minimum absolute atomic E-state index is 0.156. The Morgan fingerprint density at radius 3 is 2.62 bits per heavy atom. The van der Waals surface area contributed by atoms with Crippen LogP contribution < -0.4 is 5.32 Å². The Kier molecular flexibility index (Phi) is 6.38. The monoisotopic (exact) mass is 384 g/mol. The summed E-state index contributed by atoms with van der Waals surface area (Å²) in [6, 6.07) is 11.4. The van der Waals surface area contributed by atoms with Crippen molar-refractivity contribution in [3.63, 3.8) is 0 Å². The van der Waals surface area contributed by atoms with Crippen LogP contribution in [-0.2, 0) is 0 Å². The maximum atomic E-state index is 12.4. The number of nitrogens with zero attached hydrogens (tertiary/aromatic N) is 3. The molecule has 0 aliphatic carbocycles. The summed E-state index contributed by atoms with van der Waals surface area (Å²) < 4.78 is 2.25. The van der Waals surface area contributed by atoms with E-state index >= 15 is 0 Å². The molecule has 0 unspecified atom stereocenters. The van der Waals surface area contributed by atoms with E-state index in [-0.39, 0.29) is 5.91 Å². The van der Waals surface area contributed by atoms with Gasteiger partial charge in [-0.2, -0.15) is 0 Å². The highest BCUT2D eigenvalue weighted by Crippen LogP contribution is 2.25. The normalized spacial score (nSPS) is 10.9. The highest BCUT2D eigenvalue weighted by Gasteiger charge is 2.11. The molecule has 2 aromatic heterocycles. The summed E-state index contributed by atoms with van der Waals surface area (Å²) in [6.07, 6.45) is 3.48. The number of pyridine rings is 1. The van der Waals surface area contributed by atoms with Crippen LogP contribution in [0.1, 0.15) is 24.2 Å². The van der Waals surface area contributed by atoms with Crippen molar-refractivity contribution in [1.29, 1.82) is 0 Å². The fraction of sp³-hybridized carbons (Fsp3) is 0.211. The van der Waals surface area contributed by atoms with Gasteiger partial charge in [-0.15, -0.1) is 11.3 Å². The molecule has 0 saturated heterocycles. The maximum absolute atomic E-state index is 12.4. The first kappa shape index (κ1) is 18.6. The molecular formula is C19H20N4OS2. The number of hydrogen-bond acceptors (Lipinski definition) is 6. The molecule has 3 aromatic rings. The molecule has 0 atom stereocenters. The molecule has 1 aromatic carbocycles. The SMILES string of the molecule is CCN(CC)Sc1ccc(C(=O)Nc2nc(-c3cccnc3)cs2)cc1. The van der Waals surface area contributed by atoms with E-state index in [0.717, 1.165) is 29.2 Å². The predicted molar refractivity (Wildman–Crippen MR) is 109 cm³/mol. The van der Waals surface area contributed by atoms with E-state index in [1.807, 2.05) is 41.8 Å². The van der Waals surface area contributed by atoms with E-state index in [9.17, 15) is 4.79 Å². The first-order chi connectivity index (χ1) is 12.7. The lowest BCUT2D eigenvalue weighted by molar-refractivity contribution is 0.102. The van der Waals surface area contributed by atoms with Crippen molar-refractivity contribution in [3.8, 4) is 11.3 Å². The van der Waals surface area contributed by atoms with E-state index in [0.29, 0.717) is 10.7 Å². The summed E-state index contributed by atoms with van der Waals surface area (Å²) >= 11 is 3.10. The Morgan fingerprint density at radius 2 is 1.96 bits per heavy atom. The third-order valence-corrected chi connectivity index (χ3v) is 5.75. The van der Waals surface area contributed by atoms with Gasteiger partial charge in [0.25, 0.3) is 5.91 Å². The van der Waals surface area contributed by atoms with Gasteiger partial charge in [0.2, 0.25) is 0 Å². The van der Waals surface area contributed by atoms with Crippen LogP contribution in [-0.4, -0.2) is 33.3 Å². The van der Waals surface area contributed by atoms with Gasteiger partial charge in [-0.05, 0) is 48.3 Å². The quantitative estimate of drug-likeness (QED) is 0.593. The van der Waals surface area contributed by atoms with Crippen molar-refractivity contribution < 1.29 is 4.79 Å². The third kappa shape index (κ3) is 4.69. The average Bonchev–Trinajstić information content (AvgIpc) is 3.15. The van der Waals surface area contributed by atoms with Crippen molar-refractivity contribution in [3.05, 3.63) is 59.7 Å². The lowest BCUT2D eigenvalue weighted by atomic mass is 10.2. The van der Waals surface area contributed by atoms with Crippen molar-refractivity contribution in [2.24, 2.45) is 0 Å². The molecule has 0 bridgehead atoms. The lowest BCUT2D eigenvalue weighted by Crippen LogP contribution is -2.14. The Labute approximate surface area is 161 Å². The van der Waals surface area contributed by atoms with Crippen LogP contribution in [0, 0.1) is 0 Å². The largest absolute Gasteiger partial charge is 0.298 e. The first-order valence-electron chi connectivity index (χ1n) is 8.39. The van der Waals surface area contributed by atoms with Gasteiger partial charge in [0.05, 0.1) is 5.69 Å². The average molecular weight is 385 g/mol. The van der Waals surface area contributed by atoms with E-state index in [1.54, 1.807) is 24.3 Å². The van der Waals surface area contributed by atoms with Crippen molar-refractivity contribution in [2.45, 2.75) is 18.7 Å². The molecule has 1 amide bonds. The Balaban J connectivity index is 1.64. The van der Waals surface area contributed by atoms with E-state index in [2.05, 4.69) is 33.4 Å². The van der Waals surface area contributed by atoms with Gasteiger partial charge in [0.15, 0.2) is 5.13 Å². The second-order valence-electron chi connectivity index (χ2n) is 5.46. The van der Waals surface area contributed by atoms with Crippen molar-refractivity contribution >= 4 is 34.3 Å². The maximum Gasteiger partial charge on any atom is 0.257 e. The van der Waals surface area contributed by atoms with Crippen molar-refractivity contribution in [2.75, 3.05) is 18.4 Å². The van der Waals surface area contributed by atoms with Gasteiger partial charge >= 0.3 is 0 Å². The molecule has 1 N–H and O–H groups in total. The highest BCUT2D eigenvalue weighted by molar-refractivity contribution is 7.97. The van der Waals surface area contributed by atoms with Gasteiger partial charge < -0.3 is 0 Å². The molecule has 3 rings (SSSR count). The molecule has 2 heterocycles. The number of anilines is 1. The molecule has 7 heteroatoms. The molecule has 134 valence electrons. The van der Waals surface area contributed by atoms with Gasteiger partial charge in [-0.3, -0.25) is 15.1 Å². The number of carbonyl (C=O) groups is 1. The number of rotatable bonds is 7. The minimum atomic E-state index is -0.156. The first-order valence-corrected chi connectivity index (χ1v) is 10.0. The van der Waals surface area contributed by atoms with E-state index in [1.165, 1.54) is 11.3 Å². The molecule has 0 fully saturated rings.